The number of nitrogens with one attached hydrogen (secondary N) is 1. The van der Waals surface area contributed by atoms with Crippen LogP contribution in [0.25, 0.3) is 11.5 Å². The van der Waals surface area contributed by atoms with E-state index in [1.54, 1.807) is 18.3 Å². The Kier molecular flexibility index (Phi) is 3.99. The summed E-state index contributed by atoms with van der Waals surface area (Å²) >= 11 is 0. The van der Waals surface area contributed by atoms with Crippen molar-refractivity contribution in [2.24, 2.45) is 5.92 Å². The molecule has 18 heavy (non-hydrogen) atoms. The predicted molar refractivity (Wildman–Crippen MR) is 66.6 cm³/mol. The van der Waals surface area contributed by atoms with E-state index >= 15 is 0 Å². The van der Waals surface area contributed by atoms with Gasteiger partial charge in [0.25, 0.3) is 0 Å². The maximum absolute atomic E-state index is 5.28. The summed E-state index contributed by atoms with van der Waals surface area (Å²) < 4.78 is 5.28. The van der Waals surface area contributed by atoms with Crippen LogP contribution in [-0.4, -0.2) is 27.4 Å². The van der Waals surface area contributed by atoms with Crippen molar-refractivity contribution in [3.63, 3.8) is 0 Å². The topological polar surface area (TPSA) is 76.7 Å². The summed E-state index contributed by atoms with van der Waals surface area (Å²) in [5.74, 6) is 1.61. The molecule has 0 radical (unpaired) electrons. The van der Waals surface area contributed by atoms with Gasteiger partial charge in [0.1, 0.15) is 5.69 Å². The zero-order chi connectivity index (χ0) is 13.0. The Labute approximate surface area is 106 Å². The molecule has 96 valence electrons. The Morgan fingerprint density at radius 2 is 2.22 bits per heavy atom. The highest BCUT2D eigenvalue weighted by Crippen LogP contribution is 2.21. The second-order valence-corrected chi connectivity index (χ2v) is 4.54. The first-order chi connectivity index (χ1) is 8.70. The fourth-order valence-corrected chi connectivity index (χ4v) is 1.72. The van der Waals surface area contributed by atoms with Gasteiger partial charge in [0.15, 0.2) is 0 Å². The molecule has 1 N–H and O–H groups in total. The molecule has 2 rings (SSSR count). The zero-order valence-corrected chi connectivity index (χ0v) is 10.8. The average Bonchev–Trinajstić information content (AvgIpc) is 2.86. The van der Waals surface area contributed by atoms with Crippen molar-refractivity contribution >= 4 is 0 Å². The Hall–Kier alpha value is -1.82. The largest absolute Gasteiger partial charge is 0.337 e. The molecule has 0 aromatic carbocycles. The van der Waals surface area contributed by atoms with E-state index in [2.05, 4.69) is 39.5 Å². The fourth-order valence-electron chi connectivity index (χ4n) is 1.72. The summed E-state index contributed by atoms with van der Waals surface area (Å²) in [6.45, 7) is 4.31. The van der Waals surface area contributed by atoms with Crippen molar-refractivity contribution < 1.29 is 4.52 Å². The Morgan fingerprint density at radius 3 is 2.83 bits per heavy atom. The van der Waals surface area contributed by atoms with Crippen LogP contribution < -0.4 is 5.32 Å². The van der Waals surface area contributed by atoms with Crippen LogP contribution in [0.3, 0.4) is 0 Å². The van der Waals surface area contributed by atoms with Crippen molar-refractivity contribution in [1.29, 1.82) is 0 Å². The molecule has 0 saturated heterocycles. The molecule has 0 saturated carbocycles. The van der Waals surface area contributed by atoms with Crippen molar-refractivity contribution in [2.45, 2.75) is 26.3 Å². The third-order valence-electron chi connectivity index (χ3n) is 2.60. The second-order valence-electron chi connectivity index (χ2n) is 4.54. The van der Waals surface area contributed by atoms with Crippen LogP contribution in [0.1, 0.15) is 32.2 Å². The van der Waals surface area contributed by atoms with Crippen LogP contribution >= 0.6 is 0 Å². The number of hydrogen-bond acceptors (Lipinski definition) is 6. The SMILES string of the molecule is CNC(CC(C)C)c1nc(-c2cccnn2)no1. The van der Waals surface area contributed by atoms with Crippen molar-refractivity contribution in [2.75, 3.05) is 7.05 Å². The summed E-state index contributed by atoms with van der Waals surface area (Å²) in [5.41, 5.74) is 0.618. The second kappa shape index (κ2) is 5.68. The molecule has 0 aliphatic carbocycles. The molecule has 0 aliphatic rings. The molecule has 6 heteroatoms. The van der Waals surface area contributed by atoms with E-state index in [9.17, 15) is 0 Å². The van der Waals surface area contributed by atoms with E-state index in [1.807, 2.05) is 7.05 Å². The van der Waals surface area contributed by atoms with Gasteiger partial charge in [-0.05, 0) is 31.5 Å². The van der Waals surface area contributed by atoms with Crippen LogP contribution in [0, 0.1) is 5.92 Å². The summed E-state index contributed by atoms with van der Waals surface area (Å²) in [6.07, 6.45) is 2.55. The van der Waals surface area contributed by atoms with Gasteiger partial charge in [-0.1, -0.05) is 19.0 Å². The smallest absolute Gasteiger partial charge is 0.244 e. The van der Waals surface area contributed by atoms with Crippen molar-refractivity contribution in [3.8, 4) is 11.5 Å². The third kappa shape index (κ3) is 2.89. The minimum absolute atomic E-state index is 0.0721. The fraction of sp³-hybridized carbons (Fsp3) is 0.500. The summed E-state index contributed by atoms with van der Waals surface area (Å²) in [5, 5.41) is 14.9. The predicted octanol–water partition coefficient (Wildman–Crippen LogP) is 1.83. The van der Waals surface area contributed by atoms with E-state index in [0.717, 1.165) is 6.42 Å². The normalized spacial score (nSPS) is 12.9. The van der Waals surface area contributed by atoms with Gasteiger partial charge in [-0.25, -0.2) is 0 Å². The van der Waals surface area contributed by atoms with Crippen LogP contribution in [0.15, 0.2) is 22.9 Å². The van der Waals surface area contributed by atoms with Gasteiger partial charge >= 0.3 is 0 Å². The van der Waals surface area contributed by atoms with Gasteiger partial charge in [0, 0.05) is 6.20 Å². The van der Waals surface area contributed by atoms with Crippen LogP contribution in [0.5, 0.6) is 0 Å². The lowest BCUT2D eigenvalue weighted by Crippen LogP contribution is -2.18. The maximum atomic E-state index is 5.28. The van der Waals surface area contributed by atoms with Crippen molar-refractivity contribution in [3.05, 3.63) is 24.2 Å². The first-order valence-electron chi connectivity index (χ1n) is 5.99. The lowest BCUT2D eigenvalue weighted by molar-refractivity contribution is 0.314. The molecular formula is C12H17N5O. The highest BCUT2D eigenvalue weighted by Gasteiger charge is 2.19. The third-order valence-corrected chi connectivity index (χ3v) is 2.60. The molecule has 0 amide bonds. The van der Waals surface area contributed by atoms with E-state index in [1.165, 1.54) is 0 Å². The molecule has 1 unspecified atom stereocenters. The lowest BCUT2D eigenvalue weighted by Gasteiger charge is -2.13. The average molecular weight is 247 g/mol. The molecule has 6 nitrogen and oxygen atoms in total. The molecule has 0 bridgehead atoms. The van der Waals surface area contributed by atoms with Crippen LogP contribution in [0.4, 0.5) is 0 Å². The zero-order valence-electron chi connectivity index (χ0n) is 10.8. The number of nitrogens with zero attached hydrogens (tertiary/aromatic N) is 4. The van der Waals surface area contributed by atoms with E-state index in [0.29, 0.717) is 23.3 Å². The minimum atomic E-state index is 0.0721. The molecular weight excluding hydrogens is 230 g/mol. The minimum Gasteiger partial charge on any atom is -0.337 e. The first kappa shape index (κ1) is 12.6. The number of aromatic nitrogens is 4. The van der Waals surface area contributed by atoms with Crippen molar-refractivity contribution in [1.82, 2.24) is 25.7 Å². The lowest BCUT2D eigenvalue weighted by atomic mass is 10.0. The van der Waals surface area contributed by atoms with Gasteiger partial charge in [-0.3, -0.25) is 0 Å². The van der Waals surface area contributed by atoms with E-state index in [4.69, 9.17) is 4.52 Å². The van der Waals surface area contributed by atoms with E-state index in [-0.39, 0.29) is 6.04 Å². The first-order valence-corrected chi connectivity index (χ1v) is 5.99. The van der Waals surface area contributed by atoms with E-state index < -0.39 is 0 Å². The molecule has 1 atom stereocenters. The molecule has 2 aromatic rings. The summed E-state index contributed by atoms with van der Waals surface area (Å²) in [4.78, 5) is 4.36. The molecule has 0 spiro atoms. The van der Waals surface area contributed by atoms with Gasteiger partial charge in [0.2, 0.25) is 11.7 Å². The Balaban J connectivity index is 2.19. The van der Waals surface area contributed by atoms with Crippen LogP contribution in [0.2, 0.25) is 0 Å². The Morgan fingerprint density at radius 1 is 1.39 bits per heavy atom. The number of rotatable bonds is 5. The molecule has 2 aromatic heterocycles. The monoisotopic (exact) mass is 247 g/mol. The quantitative estimate of drug-likeness (QED) is 0.868. The maximum Gasteiger partial charge on any atom is 0.244 e. The molecule has 2 heterocycles. The van der Waals surface area contributed by atoms with Gasteiger partial charge in [-0.2, -0.15) is 10.1 Å². The van der Waals surface area contributed by atoms with Gasteiger partial charge in [0.05, 0.1) is 6.04 Å². The standard InChI is InChI=1S/C12H17N5O/c1-8(2)7-10(13-3)12-15-11(17-18-12)9-5-4-6-14-16-9/h4-6,8,10,13H,7H2,1-3H3. The van der Waals surface area contributed by atoms with Crippen LogP contribution in [-0.2, 0) is 0 Å². The Bertz CT molecular complexity index is 482. The summed E-state index contributed by atoms with van der Waals surface area (Å²) in [6, 6.07) is 3.67. The summed E-state index contributed by atoms with van der Waals surface area (Å²) in [7, 11) is 1.89. The highest BCUT2D eigenvalue weighted by atomic mass is 16.5. The molecule has 0 aliphatic heterocycles. The van der Waals surface area contributed by atoms with Gasteiger partial charge < -0.3 is 9.84 Å². The van der Waals surface area contributed by atoms with Gasteiger partial charge in [-0.15, -0.1) is 5.10 Å². The molecule has 0 fully saturated rings. The highest BCUT2D eigenvalue weighted by molar-refractivity contribution is 5.46. The number of hydrogen-bond donors (Lipinski definition) is 1.